The highest BCUT2D eigenvalue weighted by molar-refractivity contribution is 7.89. The molecule has 0 spiro atoms. The van der Waals surface area contributed by atoms with Crippen molar-refractivity contribution in [3.63, 3.8) is 0 Å². The van der Waals surface area contributed by atoms with Gasteiger partial charge in [0.15, 0.2) is 0 Å². The molecule has 8 nitrogen and oxygen atoms in total. The van der Waals surface area contributed by atoms with Crippen LogP contribution in [0.1, 0.15) is 22.1 Å². The summed E-state index contributed by atoms with van der Waals surface area (Å²) < 4.78 is 31.5. The van der Waals surface area contributed by atoms with E-state index in [0.717, 1.165) is 4.31 Å². The Morgan fingerprint density at radius 1 is 1.22 bits per heavy atom. The average Bonchev–Trinajstić information content (AvgIpc) is 2.91. The highest BCUT2D eigenvalue weighted by Crippen LogP contribution is 2.18. The Morgan fingerprint density at radius 3 is 2.48 bits per heavy atom. The minimum Gasteiger partial charge on any atom is -0.424 e. The maximum Gasteiger partial charge on any atom is 0.253 e. The van der Waals surface area contributed by atoms with Crippen molar-refractivity contribution < 1.29 is 17.6 Å². The van der Waals surface area contributed by atoms with E-state index in [1.54, 1.807) is 27.1 Å². The SMILES string of the molecule is Cc1nnc(CN(C)S(=O)(=O)c2cccc(C(=O)N(C)C)c2)o1. The maximum absolute atomic E-state index is 12.6. The second kappa shape index (κ2) is 6.47. The minimum absolute atomic E-state index is 0.0314. The van der Waals surface area contributed by atoms with E-state index in [1.807, 2.05) is 0 Å². The number of benzene rings is 1. The number of rotatable bonds is 5. The molecule has 0 aliphatic heterocycles. The van der Waals surface area contributed by atoms with Gasteiger partial charge in [-0.3, -0.25) is 4.79 Å². The van der Waals surface area contributed by atoms with Crippen molar-refractivity contribution in [3.8, 4) is 0 Å². The summed E-state index contributed by atoms with van der Waals surface area (Å²) in [5.74, 6) is 0.302. The average molecular weight is 338 g/mol. The number of hydrogen-bond donors (Lipinski definition) is 0. The van der Waals surface area contributed by atoms with Crippen LogP contribution in [0.15, 0.2) is 33.6 Å². The summed E-state index contributed by atoms with van der Waals surface area (Å²) in [4.78, 5) is 13.4. The fraction of sp³-hybridized carbons (Fsp3) is 0.357. The Hall–Kier alpha value is -2.26. The van der Waals surface area contributed by atoms with Gasteiger partial charge in [-0.2, -0.15) is 4.31 Å². The third-order valence-corrected chi connectivity index (χ3v) is 4.92. The predicted molar refractivity (Wildman–Crippen MR) is 82.1 cm³/mol. The molecule has 0 radical (unpaired) electrons. The number of carbonyl (C=O) groups excluding carboxylic acids is 1. The first-order valence-electron chi connectivity index (χ1n) is 6.79. The van der Waals surface area contributed by atoms with Crippen molar-refractivity contribution in [2.45, 2.75) is 18.4 Å². The monoisotopic (exact) mass is 338 g/mol. The van der Waals surface area contributed by atoms with E-state index in [9.17, 15) is 13.2 Å². The van der Waals surface area contributed by atoms with E-state index in [4.69, 9.17) is 4.42 Å². The quantitative estimate of drug-likeness (QED) is 0.803. The number of sulfonamides is 1. The lowest BCUT2D eigenvalue weighted by molar-refractivity contribution is 0.0827. The van der Waals surface area contributed by atoms with E-state index in [0.29, 0.717) is 11.5 Å². The molecule has 1 aromatic heterocycles. The lowest BCUT2D eigenvalue weighted by Gasteiger charge is -2.16. The second-order valence-electron chi connectivity index (χ2n) is 5.20. The molecular formula is C14H18N4O4S. The van der Waals surface area contributed by atoms with E-state index in [1.165, 1.54) is 30.1 Å². The Labute approximate surface area is 134 Å². The van der Waals surface area contributed by atoms with Gasteiger partial charge in [0.1, 0.15) is 0 Å². The van der Waals surface area contributed by atoms with Gasteiger partial charge >= 0.3 is 0 Å². The summed E-state index contributed by atoms with van der Waals surface area (Å²) in [5, 5.41) is 7.44. The Kier molecular flexibility index (Phi) is 4.81. The number of aryl methyl sites for hydroxylation is 1. The smallest absolute Gasteiger partial charge is 0.253 e. The summed E-state index contributed by atoms with van der Waals surface area (Å²) in [6.45, 7) is 1.58. The number of aromatic nitrogens is 2. The molecule has 2 aromatic rings. The maximum atomic E-state index is 12.6. The summed E-state index contributed by atoms with van der Waals surface area (Å²) in [5.41, 5.74) is 0.304. The standard InChI is InChI=1S/C14H18N4O4S/c1-10-15-16-13(22-10)9-18(4)23(20,21)12-7-5-6-11(8-12)14(19)17(2)3/h5-8H,9H2,1-4H3. The Balaban J connectivity index is 2.28. The molecule has 0 saturated heterocycles. The molecule has 0 N–H and O–H groups in total. The van der Waals surface area contributed by atoms with Crippen molar-refractivity contribution in [1.29, 1.82) is 0 Å². The Bertz CT molecular complexity index is 814. The van der Waals surface area contributed by atoms with Gasteiger partial charge in [0, 0.05) is 33.6 Å². The van der Waals surface area contributed by atoms with Crippen molar-refractivity contribution in [2.24, 2.45) is 0 Å². The van der Waals surface area contributed by atoms with Gasteiger partial charge in [0.2, 0.25) is 21.8 Å². The van der Waals surface area contributed by atoms with Crippen LogP contribution in [0.5, 0.6) is 0 Å². The van der Waals surface area contributed by atoms with E-state index in [2.05, 4.69) is 10.2 Å². The topological polar surface area (TPSA) is 96.6 Å². The number of hydrogen-bond acceptors (Lipinski definition) is 6. The normalized spacial score (nSPS) is 11.7. The van der Waals surface area contributed by atoms with Crippen LogP contribution in [0.3, 0.4) is 0 Å². The molecule has 0 bridgehead atoms. The van der Waals surface area contributed by atoms with Crippen molar-refractivity contribution in [3.05, 3.63) is 41.6 Å². The molecule has 23 heavy (non-hydrogen) atoms. The molecule has 124 valence electrons. The number of nitrogens with zero attached hydrogens (tertiary/aromatic N) is 4. The molecule has 0 unspecified atom stereocenters. The van der Waals surface area contributed by atoms with Crippen LogP contribution in [0.2, 0.25) is 0 Å². The lowest BCUT2D eigenvalue weighted by atomic mass is 10.2. The van der Waals surface area contributed by atoms with Gasteiger partial charge in [-0.15, -0.1) is 10.2 Å². The first-order chi connectivity index (χ1) is 10.7. The highest BCUT2D eigenvalue weighted by Gasteiger charge is 2.24. The fourth-order valence-corrected chi connectivity index (χ4v) is 3.07. The van der Waals surface area contributed by atoms with Crippen LogP contribution in [0, 0.1) is 6.92 Å². The van der Waals surface area contributed by atoms with Gasteiger partial charge in [0.25, 0.3) is 5.91 Å². The zero-order chi connectivity index (χ0) is 17.2. The van der Waals surface area contributed by atoms with Gasteiger partial charge < -0.3 is 9.32 Å². The molecule has 1 aromatic carbocycles. The molecule has 0 aliphatic rings. The lowest BCUT2D eigenvalue weighted by Crippen LogP contribution is -2.27. The van der Waals surface area contributed by atoms with Gasteiger partial charge in [-0.1, -0.05) is 6.07 Å². The van der Waals surface area contributed by atoms with Crippen LogP contribution in [0.25, 0.3) is 0 Å². The van der Waals surface area contributed by atoms with Crippen LogP contribution in [-0.2, 0) is 16.6 Å². The van der Waals surface area contributed by atoms with E-state index < -0.39 is 10.0 Å². The van der Waals surface area contributed by atoms with Gasteiger partial charge in [-0.05, 0) is 18.2 Å². The second-order valence-corrected chi connectivity index (χ2v) is 7.25. The van der Waals surface area contributed by atoms with Gasteiger partial charge in [-0.25, -0.2) is 8.42 Å². The van der Waals surface area contributed by atoms with Crippen LogP contribution in [-0.4, -0.2) is 54.9 Å². The van der Waals surface area contributed by atoms with Crippen molar-refractivity contribution >= 4 is 15.9 Å². The molecule has 0 aliphatic carbocycles. The van der Waals surface area contributed by atoms with Crippen LogP contribution in [0.4, 0.5) is 0 Å². The number of carbonyl (C=O) groups is 1. The summed E-state index contributed by atoms with van der Waals surface area (Å²) in [7, 11) is 0.847. The van der Waals surface area contributed by atoms with Crippen LogP contribution >= 0.6 is 0 Å². The molecule has 0 saturated carbocycles. The summed E-state index contributed by atoms with van der Waals surface area (Å²) >= 11 is 0. The fourth-order valence-electron chi connectivity index (χ4n) is 1.90. The molecule has 0 fully saturated rings. The predicted octanol–water partition coefficient (Wildman–Crippen LogP) is 0.901. The first-order valence-corrected chi connectivity index (χ1v) is 8.23. The largest absolute Gasteiger partial charge is 0.424 e. The molecule has 9 heteroatoms. The zero-order valence-electron chi connectivity index (χ0n) is 13.3. The van der Waals surface area contributed by atoms with Gasteiger partial charge in [0.05, 0.1) is 11.4 Å². The van der Waals surface area contributed by atoms with Crippen molar-refractivity contribution in [2.75, 3.05) is 21.1 Å². The zero-order valence-corrected chi connectivity index (χ0v) is 14.2. The van der Waals surface area contributed by atoms with Crippen molar-refractivity contribution in [1.82, 2.24) is 19.4 Å². The first kappa shape index (κ1) is 17.1. The summed E-state index contributed by atoms with van der Waals surface area (Å²) in [6.07, 6.45) is 0. The minimum atomic E-state index is -3.77. The third-order valence-electron chi connectivity index (χ3n) is 3.12. The molecule has 1 amide bonds. The number of amides is 1. The summed E-state index contributed by atoms with van der Waals surface area (Å²) in [6, 6.07) is 5.90. The molecule has 0 atom stereocenters. The van der Waals surface area contributed by atoms with Crippen LogP contribution < -0.4 is 0 Å². The molecule has 1 heterocycles. The van der Waals surface area contributed by atoms with E-state index in [-0.39, 0.29) is 23.2 Å². The third kappa shape index (κ3) is 3.74. The molecular weight excluding hydrogens is 320 g/mol. The highest BCUT2D eigenvalue weighted by atomic mass is 32.2. The Morgan fingerprint density at radius 2 is 1.91 bits per heavy atom. The van der Waals surface area contributed by atoms with E-state index >= 15 is 0 Å². The molecule has 2 rings (SSSR count).